The van der Waals surface area contributed by atoms with Crippen molar-refractivity contribution in [1.29, 1.82) is 0 Å². The number of aryl methyl sites for hydroxylation is 1. The van der Waals surface area contributed by atoms with Crippen molar-refractivity contribution in [1.82, 2.24) is 10.4 Å². The third kappa shape index (κ3) is 2.36. The molecule has 2 aromatic heterocycles. The Bertz CT molecular complexity index is 498. The number of nitrogens with zero attached hydrogens (tertiary/aromatic N) is 1. The van der Waals surface area contributed by atoms with E-state index in [4.69, 9.17) is 5.84 Å². The summed E-state index contributed by atoms with van der Waals surface area (Å²) in [6.07, 6.45) is 3.69. The van der Waals surface area contributed by atoms with Crippen LogP contribution in [0.5, 0.6) is 0 Å². The van der Waals surface area contributed by atoms with Gasteiger partial charge < -0.3 is 0 Å². The van der Waals surface area contributed by atoms with Gasteiger partial charge >= 0.3 is 0 Å². The highest BCUT2D eigenvalue weighted by molar-refractivity contribution is 7.10. The number of hydrazine groups is 1. The molecule has 0 amide bonds. The van der Waals surface area contributed by atoms with Crippen LogP contribution in [-0.4, -0.2) is 4.98 Å². The standard InChI is InChI=1S/C12H14FN3S/c1-2-8-4-6-17-12(8)11(16-14)9-3-5-15-7-10(9)13/h3-7,11,16H,2,14H2,1H3. The van der Waals surface area contributed by atoms with E-state index in [0.717, 1.165) is 11.3 Å². The zero-order valence-electron chi connectivity index (χ0n) is 9.48. The van der Waals surface area contributed by atoms with Crippen LogP contribution in [0.15, 0.2) is 29.9 Å². The summed E-state index contributed by atoms with van der Waals surface area (Å²) in [6.45, 7) is 2.07. The molecule has 0 aliphatic carbocycles. The van der Waals surface area contributed by atoms with Crippen LogP contribution in [0.2, 0.25) is 0 Å². The molecule has 0 radical (unpaired) electrons. The molecule has 90 valence electrons. The zero-order valence-corrected chi connectivity index (χ0v) is 10.3. The van der Waals surface area contributed by atoms with E-state index in [9.17, 15) is 4.39 Å². The maximum Gasteiger partial charge on any atom is 0.146 e. The van der Waals surface area contributed by atoms with Crippen molar-refractivity contribution in [2.75, 3.05) is 0 Å². The molecule has 0 saturated heterocycles. The van der Waals surface area contributed by atoms with Gasteiger partial charge in [-0.2, -0.15) is 0 Å². The number of halogens is 1. The van der Waals surface area contributed by atoms with Gasteiger partial charge in [0.15, 0.2) is 0 Å². The van der Waals surface area contributed by atoms with E-state index in [1.165, 1.54) is 11.8 Å². The van der Waals surface area contributed by atoms with E-state index in [1.807, 2.05) is 11.4 Å². The Morgan fingerprint density at radius 2 is 2.35 bits per heavy atom. The average molecular weight is 251 g/mol. The zero-order chi connectivity index (χ0) is 12.3. The third-order valence-corrected chi connectivity index (χ3v) is 3.73. The van der Waals surface area contributed by atoms with Crippen molar-refractivity contribution in [2.45, 2.75) is 19.4 Å². The van der Waals surface area contributed by atoms with Gasteiger partial charge in [-0.05, 0) is 29.5 Å². The predicted molar refractivity (Wildman–Crippen MR) is 67.1 cm³/mol. The molecular formula is C12H14FN3S. The van der Waals surface area contributed by atoms with E-state index in [0.29, 0.717) is 5.56 Å². The van der Waals surface area contributed by atoms with Crippen molar-refractivity contribution in [3.05, 3.63) is 51.7 Å². The van der Waals surface area contributed by atoms with Gasteiger partial charge in [-0.1, -0.05) is 6.92 Å². The molecule has 0 aromatic carbocycles. The summed E-state index contributed by atoms with van der Waals surface area (Å²) in [4.78, 5) is 4.80. The lowest BCUT2D eigenvalue weighted by Crippen LogP contribution is -2.29. The van der Waals surface area contributed by atoms with Gasteiger partial charge in [0.05, 0.1) is 12.2 Å². The van der Waals surface area contributed by atoms with Crippen LogP contribution in [0.1, 0.15) is 29.0 Å². The minimum Gasteiger partial charge on any atom is -0.271 e. The molecule has 0 aliphatic heterocycles. The first-order chi connectivity index (χ1) is 8.27. The van der Waals surface area contributed by atoms with E-state index in [2.05, 4.69) is 17.3 Å². The van der Waals surface area contributed by atoms with Crippen molar-refractivity contribution in [3.63, 3.8) is 0 Å². The van der Waals surface area contributed by atoms with Crippen LogP contribution in [-0.2, 0) is 6.42 Å². The lowest BCUT2D eigenvalue weighted by molar-refractivity contribution is 0.558. The fourth-order valence-corrected chi connectivity index (χ4v) is 2.89. The van der Waals surface area contributed by atoms with Crippen molar-refractivity contribution in [3.8, 4) is 0 Å². The fraction of sp³-hybridized carbons (Fsp3) is 0.250. The Balaban J connectivity index is 2.44. The molecule has 2 rings (SSSR count). The van der Waals surface area contributed by atoms with Crippen molar-refractivity contribution >= 4 is 11.3 Å². The van der Waals surface area contributed by atoms with Crippen LogP contribution < -0.4 is 11.3 Å². The summed E-state index contributed by atoms with van der Waals surface area (Å²) < 4.78 is 13.7. The molecule has 17 heavy (non-hydrogen) atoms. The Hall–Kier alpha value is -1.30. The molecule has 0 bridgehead atoms. The summed E-state index contributed by atoms with van der Waals surface area (Å²) in [5, 5.41) is 2.00. The molecular weight excluding hydrogens is 237 g/mol. The summed E-state index contributed by atoms with van der Waals surface area (Å²) in [5.41, 5.74) is 4.40. The number of nitrogens with one attached hydrogen (secondary N) is 1. The smallest absolute Gasteiger partial charge is 0.146 e. The highest BCUT2D eigenvalue weighted by atomic mass is 32.1. The van der Waals surface area contributed by atoms with Gasteiger partial charge in [0.2, 0.25) is 0 Å². The maximum absolute atomic E-state index is 13.7. The monoisotopic (exact) mass is 251 g/mol. The molecule has 0 spiro atoms. The molecule has 2 heterocycles. The number of rotatable bonds is 4. The van der Waals surface area contributed by atoms with Crippen molar-refractivity contribution in [2.24, 2.45) is 5.84 Å². The Labute approximate surface area is 103 Å². The number of aromatic nitrogens is 1. The van der Waals surface area contributed by atoms with E-state index >= 15 is 0 Å². The fourth-order valence-electron chi connectivity index (χ4n) is 1.82. The maximum atomic E-state index is 13.7. The first-order valence-corrected chi connectivity index (χ1v) is 6.27. The van der Waals surface area contributed by atoms with E-state index in [1.54, 1.807) is 23.6 Å². The van der Waals surface area contributed by atoms with Crippen LogP contribution in [0.4, 0.5) is 4.39 Å². The molecule has 3 N–H and O–H groups in total. The number of pyridine rings is 1. The molecule has 3 nitrogen and oxygen atoms in total. The van der Waals surface area contributed by atoms with Crippen LogP contribution in [0, 0.1) is 5.82 Å². The molecule has 0 aliphatic rings. The molecule has 5 heteroatoms. The summed E-state index contributed by atoms with van der Waals surface area (Å²) in [5.74, 6) is 5.22. The first-order valence-electron chi connectivity index (χ1n) is 5.39. The lowest BCUT2D eigenvalue weighted by atomic mass is 10.0. The molecule has 1 atom stereocenters. The van der Waals surface area contributed by atoms with Gasteiger partial charge in [-0.3, -0.25) is 10.8 Å². The molecule has 2 aromatic rings. The highest BCUT2D eigenvalue weighted by Gasteiger charge is 2.19. The first kappa shape index (κ1) is 12.2. The summed E-state index contributed by atoms with van der Waals surface area (Å²) in [7, 11) is 0. The number of thiophene rings is 1. The second-order valence-electron chi connectivity index (χ2n) is 3.66. The minimum atomic E-state index is -0.342. The lowest BCUT2D eigenvalue weighted by Gasteiger charge is -2.17. The van der Waals surface area contributed by atoms with Crippen LogP contribution in [0.25, 0.3) is 0 Å². The molecule has 0 saturated carbocycles. The average Bonchev–Trinajstić information content (AvgIpc) is 2.81. The topological polar surface area (TPSA) is 50.9 Å². The third-order valence-electron chi connectivity index (χ3n) is 2.71. The van der Waals surface area contributed by atoms with Gasteiger partial charge in [0, 0.05) is 16.6 Å². The SMILES string of the molecule is CCc1ccsc1C(NN)c1ccncc1F. The van der Waals surface area contributed by atoms with E-state index < -0.39 is 0 Å². The van der Waals surface area contributed by atoms with Crippen LogP contribution >= 0.6 is 11.3 Å². The molecule has 1 unspecified atom stereocenters. The van der Waals surface area contributed by atoms with Gasteiger partial charge in [0.25, 0.3) is 0 Å². The van der Waals surface area contributed by atoms with Crippen LogP contribution in [0.3, 0.4) is 0 Å². The van der Waals surface area contributed by atoms with Crippen molar-refractivity contribution < 1.29 is 4.39 Å². The van der Waals surface area contributed by atoms with Gasteiger partial charge in [-0.15, -0.1) is 11.3 Å². The molecule has 0 fully saturated rings. The summed E-state index contributed by atoms with van der Waals surface area (Å²) in [6, 6.07) is 3.38. The number of hydrogen-bond donors (Lipinski definition) is 2. The second-order valence-corrected chi connectivity index (χ2v) is 4.61. The summed E-state index contributed by atoms with van der Waals surface area (Å²) >= 11 is 1.58. The Morgan fingerprint density at radius 1 is 1.53 bits per heavy atom. The normalized spacial score (nSPS) is 12.6. The van der Waals surface area contributed by atoms with Gasteiger partial charge in [0.1, 0.15) is 5.82 Å². The Kier molecular flexibility index (Phi) is 3.83. The predicted octanol–water partition coefficient (Wildman–Crippen LogP) is 2.40. The largest absolute Gasteiger partial charge is 0.271 e. The number of nitrogens with two attached hydrogens (primary N) is 1. The Morgan fingerprint density at radius 3 is 3.00 bits per heavy atom. The number of hydrogen-bond acceptors (Lipinski definition) is 4. The quantitative estimate of drug-likeness (QED) is 0.648. The van der Waals surface area contributed by atoms with Gasteiger partial charge in [-0.25, -0.2) is 9.82 Å². The van der Waals surface area contributed by atoms with E-state index in [-0.39, 0.29) is 11.9 Å². The highest BCUT2D eigenvalue weighted by Crippen LogP contribution is 2.30. The second kappa shape index (κ2) is 5.35. The minimum absolute atomic E-state index is 0.312.